The molecule has 3 N–H and O–H groups in total. The summed E-state index contributed by atoms with van der Waals surface area (Å²) in [6.07, 6.45) is 6.14. The number of hydrogen-bond acceptors (Lipinski definition) is 5. The average molecular weight is 415 g/mol. The van der Waals surface area contributed by atoms with Gasteiger partial charge in [-0.05, 0) is 49.2 Å². The van der Waals surface area contributed by atoms with Crippen molar-refractivity contribution >= 4 is 29.1 Å². The Labute approximate surface area is 181 Å². The maximum Gasteiger partial charge on any atom is 0.251 e. The lowest BCUT2D eigenvalue weighted by Gasteiger charge is -2.13. The molecule has 7 nitrogen and oxygen atoms in total. The summed E-state index contributed by atoms with van der Waals surface area (Å²) in [5.41, 5.74) is 3.75. The minimum absolute atomic E-state index is 0.0514. The summed E-state index contributed by atoms with van der Waals surface area (Å²) < 4.78 is 0. The number of nitrogens with one attached hydrogen (secondary N) is 3. The molecule has 0 saturated heterocycles. The molecule has 7 heteroatoms. The highest BCUT2D eigenvalue weighted by Crippen LogP contribution is 2.22. The molecule has 0 unspecified atom stereocenters. The lowest BCUT2D eigenvalue weighted by Crippen LogP contribution is -2.32. The second-order valence-electron chi connectivity index (χ2n) is 7.68. The van der Waals surface area contributed by atoms with E-state index in [9.17, 15) is 9.59 Å². The van der Waals surface area contributed by atoms with Gasteiger partial charge in [-0.15, -0.1) is 0 Å². The quantitative estimate of drug-likeness (QED) is 0.550. The van der Waals surface area contributed by atoms with Gasteiger partial charge in [0, 0.05) is 41.7 Å². The number of carbonyl (C=O) groups excluding carboxylic acids is 2. The summed E-state index contributed by atoms with van der Waals surface area (Å²) in [6, 6.07) is 16.9. The van der Waals surface area contributed by atoms with Crippen LogP contribution in [0.5, 0.6) is 0 Å². The molecule has 1 heterocycles. The number of carbonyl (C=O) groups is 2. The molecule has 0 radical (unpaired) electrons. The zero-order valence-electron chi connectivity index (χ0n) is 17.4. The van der Waals surface area contributed by atoms with E-state index in [4.69, 9.17) is 0 Å². The van der Waals surface area contributed by atoms with Crippen molar-refractivity contribution in [2.24, 2.45) is 0 Å². The Morgan fingerprint density at radius 3 is 2.48 bits per heavy atom. The molecule has 0 aliphatic heterocycles. The molecule has 1 aliphatic rings. The van der Waals surface area contributed by atoms with Gasteiger partial charge in [0.05, 0.1) is 5.69 Å². The Bertz CT molecular complexity index is 1080. The molecule has 1 aromatic heterocycles. The first kappa shape index (κ1) is 20.5. The molecule has 2 aromatic carbocycles. The van der Waals surface area contributed by atoms with E-state index in [1.54, 1.807) is 6.20 Å². The molecule has 0 atom stereocenters. The predicted molar refractivity (Wildman–Crippen MR) is 121 cm³/mol. The molecule has 2 amide bonds. The second-order valence-corrected chi connectivity index (χ2v) is 7.68. The van der Waals surface area contributed by atoms with Gasteiger partial charge >= 0.3 is 0 Å². The molecule has 158 valence electrons. The first-order valence-electron chi connectivity index (χ1n) is 10.5. The van der Waals surface area contributed by atoms with Crippen LogP contribution in [0.15, 0.2) is 60.8 Å². The first-order chi connectivity index (χ1) is 15.1. The molecule has 4 rings (SSSR count). The van der Waals surface area contributed by atoms with E-state index in [1.807, 2.05) is 54.6 Å². The normalized spacial score (nSPS) is 13.6. The van der Waals surface area contributed by atoms with Gasteiger partial charge in [0.25, 0.3) is 5.91 Å². The lowest BCUT2D eigenvalue weighted by molar-refractivity contribution is -0.114. The third kappa shape index (κ3) is 5.45. The van der Waals surface area contributed by atoms with Crippen LogP contribution in [-0.4, -0.2) is 27.8 Å². The van der Waals surface area contributed by atoms with Crippen LogP contribution < -0.4 is 16.0 Å². The van der Waals surface area contributed by atoms with Crippen molar-refractivity contribution in [3.63, 3.8) is 0 Å². The van der Waals surface area contributed by atoms with Gasteiger partial charge < -0.3 is 16.0 Å². The van der Waals surface area contributed by atoms with Gasteiger partial charge in [0.2, 0.25) is 11.9 Å². The smallest absolute Gasteiger partial charge is 0.251 e. The van der Waals surface area contributed by atoms with Crippen LogP contribution in [0.4, 0.5) is 17.3 Å². The highest BCUT2D eigenvalue weighted by molar-refractivity contribution is 5.95. The van der Waals surface area contributed by atoms with Crippen molar-refractivity contribution in [3.8, 4) is 11.3 Å². The number of nitrogens with zero attached hydrogens (tertiary/aromatic N) is 2. The molecule has 0 bridgehead atoms. The van der Waals surface area contributed by atoms with Crippen LogP contribution >= 0.6 is 0 Å². The van der Waals surface area contributed by atoms with E-state index in [2.05, 4.69) is 25.9 Å². The predicted octanol–water partition coefficient (Wildman–Crippen LogP) is 4.52. The Kier molecular flexibility index (Phi) is 6.21. The highest BCUT2D eigenvalue weighted by atomic mass is 16.2. The third-order valence-electron chi connectivity index (χ3n) is 5.23. The fourth-order valence-electron chi connectivity index (χ4n) is 3.71. The summed E-state index contributed by atoms with van der Waals surface area (Å²) >= 11 is 0. The number of rotatable bonds is 6. The topological polar surface area (TPSA) is 96.0 Å². The zero-order chi connectivity index (χ0) is 21.6. The molecule has 0 spiro atoms. The van der Waals surface area contributed by atoms with Crippen LogP contribution in [-0.2, 0) is 4.79 Å². The fraction of sp³-hybridized carbons (Fsp3) is 0.250. The summed E-state index contributed by atoms with van der Waals surface area (Å²) in [7, 11) is 0. The Balaban J connectivity index is 1.46. The maximum absolute atomic E-state index is 12.5. The van der Waals surface area contributed by atoms with Crippen LogP contribution in [0.2, 0.25) is 0 Å². The summed E-state index contributed by atoms with van der Waals surface area (Å²) in [5, 5.41) is 9.04. The fourth-order valence-corrected chi connectivity index (χ4v) is 3.71. The van der Waals surface area contributed by atoms with E-state index >= 15 is 0 Å². The van der Waals surface area contributed by atoms with Crippen molar-refractivity contribution in [2.45, 2.75) is 38.6 Å². The second kappa shape index (κ2) is 9.38. The van der Waals surface area contributed by atoms with Gasteiger partial charge in [-0.25, -0.2) is 9.97 Å². The van der Waals surface area contributed by atoms with Crippen molar-refractivity contribution < 1.29 is 9.59 Å². The summed E-state index contributed by atoms with van der Waals surface area (Å²) in [6.45, 7) is 1.48. The van der Waals surface area contributed by atoms with E-state index < -0.39 is 0 Å². The van der Waals surface area contributed by atoms with Crippen LogP contribution in [0.3, 0.4) is 0 Å². The molecule has 1 fully saturated rings. The number of amides is 2. The lowest BCUT2D eigenvalue weighted by atomic mass is 10.1. The largest absolute Gasteiger partial charge is 0.349 e. The van der Waals surface area contributed by atoms with Crippen molar-refractivity contribution in [2.75, 3.05) is 10.6 Å². The van der Waals surface area contributed by atoms with Crippen molar-refractivity contribution in [1.29, 1.82) is 0 Å². The average Bonchev–Trinajstić information content (AvgIpc) is 3.27. The van der Waals surface area contributed by atoms with Crippen molar-refractivity contribution in [3.05, 3.63) is 66.4 Å². The van der Waals surface area contributed by atoms with E-state index in [1.165, 1.54) is 19.8 Å². The monoisotopic (exact) mass is 415 g/mol. The number of aromatic nitrogens is 2. The van der Waals surface area contributed by atoms with E-state index in [0.717, 1.165) is 35.5 Å². The van der Waals surface area contributed by atoms with Crippen LogP contribution in [0, 0.1) is 0 Å². The number of anilines is 3. The summed E-state index contributed by atoms with van der Waals surface area (Å²) in [4.78, 5) is 32.6. The Hall–Kier alpha value is -3.74. The molecular formula is C24H25N5O2. The minimum Gasteiger partial charge on any atom is -0.349 e. The van der Waals surface area contributed by atoms with Gasteiger partial charge in [0.15, 0.2) is 0 Å². The van der Waals surface area contributed by atoms with E-state index in [0.29, 0.717) is 11.5 Å². The Morgan fingerprint density at radius 1 is 0.968 bits per heavy atom. The molecule has 1 aliphatic carbocycles. The molecule has 31 heavy (non-hydrogen) atoms. The third-order valence-corrected chi connectivity index (χ3v) is 5.23. The SMILES string of the molecule is CC(=O)Nc1ccc(-c2ccnc(Nc3cccc(C(=O)NC4CCCC4)c3)n2)cc1. The van der Waals surface area contributed by atoms with Crippen molar-refractivity contribution in [1.82, 2.24) is 15.3 Å². The van der Waals surface area contributed by atoms with Crippen LogP contribution in [0.25, 0.3) is 11.3 Å². The summed E-state index contributed by atoms with van der Waals surface area (Å²) in [5.74, 6) is 0.279. The maximum atomic E-state index is 12.5. The van der Waals surface area contributed by atoms with Gasteiger partial charge in [-0.1, -0.05) is 31.0 Å². The van der Waals surface area contributed by atoms with E-state index in [-0.39, 0.29) is 17.9 Å². The highest BCUT2D eigenvalue weighted by Gasteiger charge is 2.18. The van der Waals surface area contributed by atoms with Gasteiger partial charge in [-0.2, -0.15) is 0 Å². The number of benzene rings is 2. The van der Waals surface area contributed by atoms with Crippen LogP contribution in [0.1, 0.15) is 43.0 Å². The zero-order valence-corrected chi connectivity index (χ0v) is 17.4. The molecule has 1 saturated carbocycles. The van der Waals surface area contributed by atoms with Gasteiger partial charge in [-0.3, -0.25) is 9.59 Å². The minimum atomic E-state index is -0.111. The molecule has 3 aromatic rings. The first-order valence-corrected chi connectivity index (χ1v) is 10.5. The standard InChI is InChI=1S/C24H25N5O2/c1-16(30)26-20-11-9-17(10-12-20)22-13-14-25-24(29-22)28-21-8-4-5-18(15-21)23(31)27-19-6-2-3-7-19/h4-5,8-15,19H,2-3,6-7H2,1H3,(H,26,30)(H,27,31)(H,25,28,29). The number of hydrogen-bond donors (Lipinski definition) is 3. The Morgan fingerprint density at radius 2 is 1.74 bits per heavy atom. The molecular weight excluding hydrogens is 390 g/mol. The van der Waals surface area contributed by atoms with Gasteiger partial charge in [0.1, 0.15) is 0 Å².